The van der Waals surface area contributed by atoms with Crippen LogP contribution in [0.15, 0.2) is 18.7 Å². The average molecular weight is 260 g/mol. The first-order chi connectivity index (χ1) is 5.15. The van der Waals surface area contributed by atoms with Crippen LogP contribution in [0.2, 0.25) is 0 Å². The number of phenols is 1. The van der Waals surface area contributed by atoms with Crippen molar-refractivity contribution in [1.29, 1.82) is 0 Å². The molecular formula is C9H9IO. The molecule has 0 aliphatic carbocycles. The number of benzene rings is 1. The van der Waals surface area contributed by atoms with Crippen LogP contribution in [0.1, 0.15) is 11.1 Å². The van der Waals surface area contributed by atoms with E-state index in [-0.39, 0.29) is 0 Å². The van der Waals surface area contributed by atoms with Gasteiger partial charge in [-0.3, -0.25) is 0 Å². The molecule has 1 nitrogen and oxygen atoms in total. The number of aromatic hydroxyl groups is 1. The van der Waals surface area contributed by atoms with Crippen LogP contribution in [0.4, 0.5) is 0 Å². The highest BCUT2D eigenvalue weighted by atomic mass is 127. The molecular weight excluding hydrogens is 251 g/mol. The number of hydrogen-bond donors (Lipinski definition) is 1. The van der Waals surface area contributed by atoms with Gasteiger partial charge in [0.1, 0.15) is 5.75 Å². The van der Waals surface area contributed by atoms with E-state index in [1.807, 2.05) is 6.92 Å². The first-order valence-electron chi connectivity index (χ1n) is 3.26. The van der Waals surface area contributed by atoms with Crippen molar-refractivity contribution < 1.29 is 5.11 Å². The fourth-order valence-corrected chi connectivity index (χ4v) is 1.46. The molecule has 0 unspecified atom stereocenters. The van der Waals surface area contributed by atoms with E-state index < -0.39 is 0 Å². The number of halogens is 1. The molecule has 0 fully saturated rings. The van der Waals surface area contributed by atoms with Gasteiger partial charge in [-0.05, 0) is 52.8 Å². The van der Waals surface area contributed by atoms with Crippen LogP contribution < -0.4 is 0 Å². The number of aryl methyl sites for hydroxylation is 1. The van der Waals surface area contributed by atoms with E-state index in [0.717, 1.165) is 14.7 Å². The zero-order chi connectivity index (χ0) is 8.43. The Balaban J connectivity index is 3.35. The van der Waals surface area contributed by atoms with Crippen LogP contribution in [-0.2, 0) is 0 Å². The maximum absolute atomic E-state index is 9.20. The zero-order valence-corrected chi connectivity index (χ0v) is 8.42. The Morgan fingerprint density at radius 3 is 2.73 bits per heavy atom. The summed E-state index contributed by atoms with van der Waals surface area (Å²) in [6.07, 6.45) is 1.74. The van der Waals surface area contributed by atoms with Gasteiger partial charge in [-0.15, -0.1) is 0 Å². The summed E-state index contributed by atoms with van der Waals surface area (Å²) >= 11 is 2.24. The molecule has 1 N–H and O–H groups in total. The van der Waals surface area contributed by atoms with Crippen LogP contribution >= 0.6 is 22.6 Å². The molecule has 11 heavy (non-hydrogen) atoms. The van der Waals surface area contributed by atoms with Crippen LogP contribution in [0.25, 0.3) is 6.08 Å². The first kappa shape index (κ1) is 8.59. The third-order valence-electron chi connectivity index (χ3n) is 1.49. The van der Waals surface area contributed by atoms with Gasteiger partial charge in [0, 0.05) is 3.57 Å². The van der Waals surface area contributed by atoms with Crippen molar-refractivity contribution >= 4 is 28.7 Å². The Morgan fingerprint density at radius 2 is 2.18 bits per heavy atom. The smallest absolute Gasteiger partial charge is 0.116 e. The Hall–Kier alpha value is -0.510. The minimum Gasteiger partial charge on any atom is -0.508 e. The second kappa shape index (κ2) is 3.26. The second-order valence-corrected chi connectivity index (χ2v) is 3.45. The van der Waals surface area contributed by atoms with E-state index in [9.17, 15) is 5.11 Å². The van der Waals surface area contributed by atoms with Crippen molar-refractivity contribution in [3.05, 3.63) is 33.4 Å². The van der Waals surface area contributed by atoms with Crippen molar-refractivity contribution in [2.75, 3.05) is 0 Å². The van der Waals surface area contributed by atoms with Gasteiger partial charge >= 0.3 is 0 Å². The molecule has 0 bridgehead atoms. The number of phenolic OH excluding ortho intramolecular Hbond substituents is 1. The van der Waals surface area contributed by atoms with E-state index in [0.29, 0.717) is 5.75 Å². The zero-order valence-electron chi connectivity index (χ0n) is 6.26. The van der Waals surface area contributed by atoms with Crippen molar-refractivity contribution in [3.8, 4) is 5.75 Å². The maximum atomic E-state index is 9.20. The molecule has 1 aromatic carbocycles. The van der Waals surface area contributed by atoms with Crippen LogP contribution in [-0.4, -0.2) is 5.11 Å². The van der Waals surface area contributed by atoms with Crippen molar-refractivity contribution in [2.24, 2.45) is 0 Å². The summed E-state index contributed by atoms with van der Waals surface area (Å²) in [5, 5.41) is 9.20. The summed E-state index contributed by atoms with van der Waals surface area (Å²) in [5.74, 6) is 0.304. The van der Waals surface area contributed by atoms with Gasteiger partial charge in [0.15, 0.2) is 0 Å². The average Bonchev–Trinajstić information content (AvgIpc) is 1.96. The Bertz CT molecular complexity index is 292. The van der Waals surface area contributed by atoms with Crippen molar-refractivity contribution in [3.63, 3.8) is 0 Å². The summed E-state index contributed by atoms with van der Waals surface area (Å²) in [4.78, 5) is 0. The molecule has 0 aliphatic heterocycles. The lowest BCUT2D eigenvalue weighted by molar-refractivity contribution is 0.474. The summed E-state index contributed by atoms with van der Waals surface area (Å²) < 4.78 is 1.15. The van der Waals surface area contributed by atoms with Crippen LogP contribution in [0.5, 0.6) is 5.75 Å². The second-order valence-electron chi connectivity index (χ2n) is 2.37. The fraction of sp³-hybridized carbons (Fsp3) is 0.111. The summed E-state index contributed by atoms with van der Waals surface area (Å²) in [5.41, 5.74) is 2.07. The van der Waals surface area contributed by atoms with Crippen molar-refractivity contribution in [1.82, 2.24) is 0 Å². The first-order valence-corrected chi connectivity index (χ1v) is 4.34. The lowest BCUT2D eigenvalue weighted by Crippen LogP contribution is -1.84. The van der Waals surface area contributed by atoms with E-state index in [1.165, 1.54) is 0 Å². The third-order valence-corrected chi connectivity index (χ3v) is 2.96. The summed E-state index contributed by atoms with van der Waals surface area (Å²) in [6.45, 7) is 5.62. The van der Waals surface area contributed by atoms with E-state index in [1.54, 1.807) is 18.2 Å². The van der Waals surface area contributed by atoms with Crippen molar-refractivity contribution in [2.45, 2.75) is 6.92 Å². The van der Waals surface area contributed by atoms with Gasteiger partial charge in [-0.1, -0.05) is 12.7 Å². The largest absolute Gasteiger partial charge is 0.508 e. The molecule has 0 heterocycles. The van der Waals surface area contributed by atoms with E-state index >= 15 is 0 Å². The van der Waals surface area contributed by atoms with Gasteiger partial charge in [0.25, 0.3) is 0 Å². The van der Waals surface area contributed by atoms with E-state index in [4.69, 9.17) is 0 Å². The maximum Gasteiger partial charge on any atom is 0.116 e. The predicted octanol–water partition coefficient (Wildman–Crippen LogP) is 2.95. The van der Waals surface area contributed by atoms with Gasteiger partial charge in [0.05, 0.1) is 0 Å². The molecule has 0 atom stereocenters. The van der Waals surface area contributed by atoms with Crippen LogP contribution in [0.3, 0.4) is 0 Å². The Labute approximate surface area is 79.9 Å². The molecule has 1 aromatic rings. The molecule has 0 radical (unpaired) electrons. The highest BCUT2D eigenvalue weighted by Gasteiger charge is 2.00. The summed E-state index contributed by atoms with van der Waals surface area (Å²) in [6, 6.07) is 3.45. The van der Waals surface area contributed by atoms with Gasteiger partial charge in [-0.25, -0.2) is 0 Å². The molecule has 0 aliphatic rings. The van der Waals surface area contributed by atoms with Crippen LogP contribution in [0, 0.1) is 10.5 Å². The molecule has 0 aromatic heterocycles. The standard InChI is InChI=1S/C9H9IO/c1-3-7-5-8(11)4-6(2)9(7)10/h3-5,11H,1H2,2H3. The van der Waals surface area contributed by atoms with E-state index in [2.05, 4.69) is 29.2 Å². The fourth-order valence-electron chi connectivity index (χ4n) is 0.926. The molecule has 0 amide bonds. The SMILES string of the molecule is C=Cc1cc(O)cc(C)c1I. The lowest BCUT2D eigenvalue weighted by atomic mass is 10.1. The topological polar surface area (TPSA) is 20.2 Å². The molecule has 0 saturated heterocycles. The minimum absolute atomic E-state index is 0.304. The number of hydrogen-bond acceptors (Lipinski definition) is 1. The Morgan fingerprint density at radius 1 is 1.55 bits per heavy atom. The molecule has 0 spiro atoms. The highest BCUT2D eigenvalue weighted by Crippen LogP contribution is 2.23. The predicted molar refractivity (Wildman–Crippen MR) is 55.7 cm³/mol. The minimum atomic E-state index is 0.304. The molecule has 58 valence electrons. The third kappa shape index (κ3) is 1.74. The highest BCUT2D eigenvalue weighted by molar-refractivity contribution is 14.1. The Kier molecular flexibility index (Phi) is 2.54. The normalized spacial score (nSPS) is 9.64. The number of rotatable bonds is 1. The molecule has 0 saturated carbocycles. The van der Waals surface area contributed by atoms with Gasteiger partial charge in [-0.2, -0.15) is 0 Å². The lowest BCUT2D eigenvalue weighted by Gasteiger charge is -2.03. The molecule has 1 rings (SSSR count). The molecule has 2 heteroatoms. The van der Waals surface area contributed by atoms with Gasteiger partial charge in [0.2, 0.25) is 0 Å². The van der Waals surface area contributed by atoms with Gasteiger partial charge < -0.3 is 5.11 Å². The quantitative estimate of drug-likeness (QED) is 0.769. The monoisotopic (exact) mass is 260 g/mol. The summed E-state index contributed by atoms with van der Waals surface area (Å²) in [7, 11) is 0.